The van der Waals surface area contributed by atoms with Crippen molar-refractivity contribution >= 4 is 5.91 Å². The second kappa shape index (κ2) is 7.14. The zero-order valence-electron chi connectivity index (χ0n) is 11.0. The van der Waals surface area contributed by atoms with Crippen LogP contribution >= 0.6 is 0 Å². The van der Waals surface area contributed by atoms with Gasteiger partial charge < -0.3 is 15.8 Å². The quantitative estimate of drug-likeness (QED) is 0.843. The van der Waals surface area contributed by atoms with Gasteiger partial charge in [0.25, 0.3) is 5.91 Å². The fourth-order valence-electron chi connectivity index (χ4n) is 1.45. The molecule has 0 aliphatic rings. The number of amides is 1. The Hall–Kier alpha value is -1.76. The Morgan fingerprint density at radius 3 is 2.45 bits per heavy atom. The van der Waals surface area contributed by atoms with Crippen LogP contribution in [0.2, 0.25) is 0 Å². The predicted octanol–water partition coefficient (Wildman–Crippen LogP) is 2.15. The lowest BCUT2D eigenvalue weighted by Gasteiger charge is -2.11. The van der Waals surface area contributed by atoms with Crippen LogP contribution in [0.5, 0.6) is 5.75 Å². The van der Waals surface area contributed by atoms with E-state index in [1.54, 1.807) is 29.6 Å². The van der Waals surface area contributed by atoms with E-state index in [-0.39, 0.29) is 6.04 Å². The van der Waals surface area contributed by atoms with Gasteiger partial charge in [-0.1, -0.05) is 19.1 Å². The number of hydrogen-bond donors (Lipinski definition) is 2. The SMILES string of the molecule is CC[C@H](N)c1ccc(OCC(=O)NCC(F)(F)F)cc1. The number of nitrogens with two attached hydrogens (primary N) is 1. The number of halogens is 3. The Labute approximate surface area is 115 Å². The summed E-state index contributed by atoms with van der Waals surface area (Å²) < 4.78 is 40.7. The number of hydrogen-bond acceptors (Lipinski definition) is 3. The van der Waals surface area contributed by atoms with Crippen molar-refractivity contribution in [3.63, 3.8) is 0 Å². The average Bonchev–Trinajstić information content (AvgIpc) is 2.41. The molecule has 1 aromatic rings. The summed E-state index contributed by atoms with van der Waals surface area (Å²) in [5.74, 6) is -0.420. The summed E-state index contributed by atoms with van der Waals surface area (Å²) in [7, 11) is 0. The first-order valence-electron chi connectivity index (χ1n) is 6.13. The van der Waals surface area contributed by atoms with Gasteiger partial charge in [0.2, 0.25) is 0 Å². The van der Waals surface area contributed by atoms with Crippen LogP contribution in [0.3, 0.4) is 0 Å². The average molecular weight is 290 g/mol. The third-order valence-corrected chi connectivity index (χ3v) is 2.60. The van der Waals surface area contributed by atoms with Crippen LogP contribution < -0.4 is 15.8 Å². The van der Waals surface area contributed by atoms with Crippen LogP contribution in [-0.2, 0) is 4.79 Å². The molecular weight excluding hydrogens is 273 g/mol. The molecule has 112 valence electrons. The molecular formula is C13H17F3N2O2. The molecule has 0 saturated heterocycles. The van der Waals surface area contributed by atoms with Crippen LogP contribution in [0.1, 0.15) is 24.9 Å². The van der Waals surface area contributed by atoms with Gasteiger partial charge in [0, 0.05) is 6.04 Å². The fraction of sp³-hybridized carbons (Fsp3) is 0.462. The van der Waals surface area contributed by atoms with Gasteiger partial charge in [-0.25, -0.2) is 0 Å². The molecule has 0 unspecified atom stereocenters. The maximum absolute atomic E-state index is 11.9. The molecule has 0 saturated carbocycles. The number of benzene rings is 1. The highest BCUT2D eigenvalue weighted by molar-refractivity contribution is 5.77. The first kappa shape index (κ1) is 16.3. The van der Waals surface area contributed by atoms with Crippen LogP contribution in [0.25, 0.3) is 0 Å². The molecule has 0 aliphatic heterocycles. The van der Waals surface area contributed by atoms with E-state index in [1.165, 1.54) is 0 Å². The van der Waals surface area contributed by atoms with E-state index in [0.717, 1.165) is 12.0 Å². The Kier molecular flexibility index (Phi) is 5.82. The molecule has 1 aromatic carbocycles. The maximum Gasteiger partial charge on any atom is 0.405 e. The van der Waals surface area contributed by atoms with Crippen molar-refractivity contribution in [2.24, 2.45) is 5.73 Å². The van der Waals surface area contributed by atoms with E-state index in [2.05, 4.69) is 0 Å². The first-order chi connectivity index (χ1) is 9.31. The van der Waals surface area contributed by atoms with Crippen molar-refractivity contribution in [3.8, 4) is 5.75 Å². The normalized spacial score (nSPS) is 12.8. The summed E-state index contributed by atoms with van der Waals surface area (Å²) in [5, 5.41) is 1.72. The number of rotatable bonds is 6. The number of carbonyl (C=O) groups excluding carboxylic acids is 1. The van der Waals surface area contributed by atoms with Gasteiger partial charge in [-0.05, 0) is 24.1 Å². The fourth-order valence-corrected chi connectivity index (χ4v) is 1.45. The first-order valence-corrected chi connectivity index (χ1v) is 6.13. The molecule has 0 radical (unpaired) electrons. The highest BCUT2D eigenvalue weighted by atomic mass is 19.4. The maximum atomic E-state index is 11.9. The standard InChI is InChI=1S/C13H17F3N2O2/c1-2-11(17)9-3-5-10(6-4-9)20-7-12(19)18-8-13(14,15)16/h3-6,11H,2,7-8,17H2,1H3,(H,18,19)/t11-/m0/s1. The lowest BCUT2D eigenvalue weighted by atomic mass is 10.1. The van der Waals surface area contributed by atoms with Gasteiger partial charge in [0.05, 0.1) is 0 Å². The monoisotopic (exact) mass is 290 g/mol. The van der Waals surface area contributed by atoms with E-state index in [9.17, 15) is 18.0 Å². The van der Waals surface area contributed by atoms with Crippen molar-refractivity contribution in [3.05, 3.63) is 29.8 Å². The molecule has 0 spiro atoms. The Bertz CT molecular complexity index is 432. The topological polar surface area (TPSA) is 64.3 Å². The molecule has 0 aliphatic carbocycles. The molecule has 0 bridgehead atoms. The molecule has 4 nitrogen and oxygen atoms in total. The molecule has 1 rings (SSSR count). The minimum Gasteiger partial charge on any atom is -0.484 e. The van der Waals surface area contributed by atoms with E-state index in [1.807, 2.05) is 6.92 Å². The van der Waals surface area contributed by atoms with Crippen molar-refractivity contribution in [1.82, 2.24) is 5.32 Å². The molecule has 0 fully saturated rings. The summed E-state index contributed by atoms with van der Waals surface area (Å²) >= 11 is 0. The van der Waals surface area contributed by atoms with Gasteiger partial charge in [-0.2, -0.15) is 13.2 Å². The van der Waals surface area contributed by atoms with Crippen LogP contribution in [-0.4, -0.2) is 25.2 Å². The highest BCUT2D eigenvalue weighted by Gasteiger charge is 2.27. The molecule has 20 heavy (non-hydrogen) atoms. The number of carbonyl (C=O) groups is 1. The van der Waals surface area contributed by atoms with E-state index in [0.29, 0.717) is 5.75 Å². The van der Waals surface area contributed by atoms with Gasteiger partial charge in [-0.15, -0.1) is 0 Å². The van der Waals surface area contributed by atoms with Gasteiger partial charge in [0.1, 0.15) is 12.3 Å². The van der Waals surface area contributed by atoms with E-state index in [4.69, 9.17) is 10.5 Å². The van der Waals surface area contributed by atoms with Gasteiger partial charge in [0.15, 0.2) is 6.61 Å². The third kappa shape index (κ3) is 5.92. The minimum absolute atomic E-state index is 0.0702. The molecule has 1 atom stereocenters. The number of alkyl halides is 3. The van der Waals surface area contributed by atoms with E-state index >= 15 is 0 Å². The van der Waals surface area contributed by atoms with Crippen molar-refractivity contribution in [2.45, 2.75) is 25.6 Å². The van der Waals surface area contributed by atoms with Crippen LogP contribution in [0, 0.1) is 0 Å². The second-order valence-corrected chi connectivity index (χ2v) is 4.26. The summed E-state index contributed by atoms with van der Waals surface area (Å²) in [5.41, 5.74) is 6.77. The van der Waals surface area contributed by atoms with Gasteiger partial charge in [-0.3, -0.25) is 4.79 Å². The second-order valence-electron chi connectivity index (χ2n) is 4.26. The molecule has 3 N–H and O–H groups in total. The Balaban J connectivity index is 2.40. The lowest BCUT2D eigenvalue weighted by Crippen LogP contribution is -2.36. The largest absolute Gasteiger partial charge is 0.484 e. The third-order valence-electron chi connectivity index (χ3n) is 2.60. The minimum atomic E-state index is -4.42. The van der Waals surface area contributed by atoms with Crippen molar-refractivity contribution in [2.75, 3.05) is 13.2 Å². The van der Waals surface area contributed by atoms with Crippen molar-refractivity contribution in [1.29, 1.82) is 0 Å². The summed E-state index contributed by atoms with van der Waals surface area (Å²) in [4.78, 5) is 11.1. The van der Waals surface area contributed by atoms with Crippen LogP contribution in [0.4, 0.5) is 13.2 Å². The molecule has 0 aromatic heterocycles. The highest BCUT2D eigenvalue weighted by Crippen LogP contribution is 2.18. The lowest BCUT2D eigenvalue weighted by molar-refractivity contribution is -0.139. The zero-order valence-corrected chi connectivity index (χ0v) is 11.0. The number of ether oxygens (including phenoxy) is 1. The smallest absolute Gasteiger partial charge is 0.405 e. The Morgan fingerprint density at radius 2 is 1.95 bits per heavy atom. The summed E-state index contributed by atoms with van der Waals surface area (Å²) in [6.45, 7) is 0.134. The van der Waals surface area contributed by atoms with Gasteiger partial charge >= 0.3 is 6.18 Å². The van der Waals surface area contributed by atoms with E-state index < -0.39 is 25.2 Å². The van der Waals surface area contributed by atoms with Crippen molar-refractivity contribution < 1.29 is 22.7 Å². The predicted molar refractivity (Wildman–Crippen MR) is 68.2 cm³/mol. The molecule has 1 amide bonds. The molecule has 0 heterocycles. The Morgan fingerprint density at radius 1 is 1.35 bits per heavy atom. The summed E-state index contributed by atoms with van der Waals surface area (Å²) in [6.07, 6.45) is -3.63. The van der Waals surface area contributed by atoms with Crippen LogP contribution in [0.15, 0.2) is 24.3 Å². The zero-order chi connectivity index (χ0) is 15.2. The number of nitrogens with one attached hydrogen (secondary N) is 1. The molecule has 7 heteroatoms. The summed E-state index contributed by atoms with van der Waals surface area (Å²) in [6, 6.07) is 6.71.